The van der Waals surface area contributed by atoms with Gasteiger partial charge in [0.25, 0.3) is 5.91 Å². The maximum Gasteiger partial charge on any atom is 0.256 e. The number of hydrogen-bond acceptors (Lipinski definition) is 4. The van der Waals surface area contributed by atoms with Gasteiger partial charge in [-0.25, -0.2) is 0 Å². The number of likely N-dealkylation sites (N-methyl/N-ethyl adjacent to an activating group) is 1. The molecule has 0 N–H and O–H groups in total. The fourth-order valence-corrected chi connectivity index (χ4v) is 4.66. The van der Waals surface area contributed by atoms with Crippen LogP contribution < -0.4 is 9.80 Å². The van der Waals surface area contributed by atoms with E-state index < -0.39 is 6.10 Å². The van der Waals surface area contributed by atoms with E-state index in [4.69, 9.17) is 4.74 Å². The quantitative estimate of drug-likeness (QED) is 0.725. The van der Waals surface area contributed by atoms with Crippen LogP contribution in [0.4, 0.5) is 11.4 Å². The number of carbonyl (C=O) groups is 1. The number of benzene rings is 2. The molecule has 5 nitrogen and oxygen atoms in total. The molecule has 2 aromatic rings. The van der Waals surface area contributed by atoms with Crippen LogP contribution in [0.5, 0.6) is 0 Å². The largest absolute Gasteiger partial charge is 0.369 e. The van der Waals surface area contributed by atoms with Gasteiger partial charge in [0.05, 0.1) is 12.6 Å². The number of hydrogen-bond donors (Lipinski definition) is 0. The van der Waals surface area contributed by atoms with Gasteiger partial charge in [0, 0.05) is 44.0 Å². The van der Waals surface area contributed by atoms with Gasteiger partial charge in [0.1, 0.15) is 6.10 Å². The van der Waals surface area contributed by atoms with E-state index in [1.165, 1.54) is 16.8 Å². The highest BCUT2D eigenvalue weighted by Gasteiger charge is 2.36. The summed E-state index contributed by atoms with van der Waals surface area (Å²) in [5.74, 6) is 0.0560. The molecule has 2 aliphatic rings. The number of anilines is 2. The number of ether oxygens (including phenoxy) is 1. The highest BCUT2D eigenvalue weighted by atomic mass is 16.5. The fraction of sp³-hybridized carbons (Fsp3) is 0.519. The lowest BCUT2D eigenvalue weighted by Gasteiger charge is -2.39. The fourth-order valence-electron chi connectivity index (χ4n) is 4.66. The first-order valence-electron chi connectivity index (χ1n) is 11.8. The molecule has 0 aliphatic carbocycles. The molecular formula is C27H37N3O2. The van der Waals surface area contributed by atoms with Crippen molar-refractivity contribution in [1.29, 1.82) is 0 Å². The number of amides is 1. The molecule has 0 saturated carbocycles. The minimum Gasteiger partial charge on any atom is -0.369 e. The van der Waals surface area contributed by atoms with Crippen LogP contribution in [0.1, 0.15) is 38.8 Å². The maximum atomic E-state index is 13.5. The summed E-state index contributed by atoms with van der Waals surface area (Å²) in [6.07, 6.45) is 0.145. The van der Waals surface area contributed by atoms with E-state index >= 15 is 0 Å². The summed E-state index contributed by atoms with van der Waals surface area (Å²) in [7, 11) is 2.17. The van der Waals surface area contributed by atoms with E-state index in [-0.39, 0.29) is 17.4 Å². The van der Waals surface area contributed by atoms with E-state index in [2.05, 4.69) is 93.1 Å². The lowest BCUT2D eigenvalue weighted by atomic mass is 9.87. The van der Waals surface area contributed by atoms with Crippen molar-refractivity contribution in [3.8, 4) is 0 Å². The molecule has 32 heavy (non-hydrogen) atoms. The second-order valence-corrected chi connectivity index (χ2v) is 10.3. The van der Waals surface area contributed by atoms with Gasteiger partial charge in [-0.05, 0) is 48.7 Å². The van der Waals surface area contributed by atoms with Gasteiger partial charge >= 0.3 is 0 Å². The van der Waals surface area contributed by atoms with Crippen molar-refractivity contribution in [2.75, 3.05) is 49.6 Å². The Morgan fingerprint density at radius 2 is 1.62 bits per heavy atom. The summed E-state index contributed by atoms with van der Waals surface area (Å²) in [4.78, 5) is 20.3. The number of piperazine rings is 1. The van der Waals surface area contributed by atoms with E-state index in [1.807, 2.05) is 4.90 Å². The van der Waals surface area contributed by atoms with Crippen molar-refractivity contribution in [3.63, 3.8) is 0 Å². The Labute approximate surface area is 193 Å². The smallest absolute Gasteiger partial charge is 0.256 e. The van der Waals surface area contributed by atoms with Gasteiger partial charge in [-0.3, -0.25) is 4.79 Å². The van der Waals surface area contributed by atoms with E-state index in [0.717, 1.165) is 31.9 Å². The highest BCUT2D eigenvalue weighted by Crippen LogP contribution is 2.30. The Bertz CT molecular complexity index is 927. The number of carbonyl (C=O) groups excluding carboxylic acids is 1. The topological polar surface area (TPSA) is 36.0 Å². The maximum absolute atomic E-state index is 13.5. The molecule has 5 heteroatoms. The molecular weight excluding hydrogens is 398 g/mol. The molecule has 2 atom stereocenters. The van der Waals surface area contributed by atoms with Crippen molar-refractivity contribution in [3.05, 3.63) is 59.7 Å². The Hall–Kier alpha value is -2.37. The molecule has 0 radical (unpaired) electrons. The molecule has 2 unspecified atom stereocenters. The lowest BCUT2D eigenvalue weighted by molar-refractivity contribution is -0.135. The van der Waals surface area contributed by atoms with Gasteiger partial charge in [0.15, 0.2) is 0 Å². The molecule has 0 spiro atoms. The second kappa shape index (κ2) is 9.24. The van der Waals surface area contributed by atoms with Gasteiger partial charge in [-0.2, -0.15) is 0 Å². The van der Waals surface area contributed by atoms with Crippen molar-refractivity contribution in [2.45, 2.75) is 51.7 Å². The van der Waals surface area contributed by atoms with Gasteiger partial charge in [-0.15, -0.1) is 0 Å². The first-order chi connectivity index (χ1) is 15.2. The minimum absolute atomic E-state index is 0.0205. The summed E-state index contributed by atoms with van der Waals surface area (Å²) >= 11 is 0. The zero-order valence-electron chi connectivity index (χ0n) is 20.2. The summed E-state index contributed by atoms with van der Waals surface area (Å²) in [5.41, 5.74) is 4.74. The third kappa shape index (κ3) is 4.84. The van der Waals surface area contributed by atoms with Crippen molar-refractivity contribution >= 4 is 17.3 Å². The minimum atomic E-state index is -0.456. The van der Waals surface area contributed by atoms with Crippen molar-refractivity contribution < 1.29 is 9.53 Å². The van der Waals surface area contributed by atoms with Crippen LogP contribution >= 0.6 is 0 Å². The molecule has 172 valence electrons. The molecule has 4 rings (SSSR count). The van der Waals surface area contributed by atoms with Gasteiger partial charge in [-0.1, -0.05) is 51.1 Å². The molecule has 2 fully saturated rings. The monoisotopic (exact) mass is 435 g/mol. The summed E-state index contributed by atoms with van der Waals surface area (Å²) in [6.45, 7) is 13.4. The zero-order valence-corrected chi connectivity index (χ0v) is 20.2. The number of nitrogens with zero attached hydrogens (tertiary/aromatic N) is 3. The van der Waals surface area contributed by atoms with E-state index in [1.54, 1.807) is 0 Å². The summed E-state index contributed by atoms with van der Waals surface area (Å²) in [6, 6.07) is 16.9. The average molecular weight is 436 g/mol. The van der Waals surface area contributed by atoms with Crippen LogP contribution in [0.15, 0.2) is 48.5 Å². The zero-order chi connectivity index (χ0) is 22.9. The normalized spacial score (nSPS) is 23.0. The van der Waals surface area contributed by atoms with Crippen molar-refractivity contribution in [1.82, 2.24) is 4.90 Å². The Balaban J connectivity index is 1.53. The van der Waals surface area contributed by atoms with Crippen LogP contribution in [0.3, 0.4) is 0 Å². The third-order valence-electron chi connectivity index (χ3n) is 6.74. The molecule has 2 saturated heterocycles. The molecule has 1 amide bonds. The highest BCUT2D eigenvalue weighted by molar-refractivity contribution is 5.98. The SMILES string of the molecule is CC1COC(Cc2ccccc2N2CCN(C)CC2)C(=O)N1c1ccc(C(C)(C)C)cc1. The van der Waals surface area contributed by atoms with Crippen LogP contribution in [0.25, 0.3) is 0 Å². The number of rotatable bonds is 4. The molecule has 2 aliphatic heterocycles. The number of para-hydroxylation sites is 1. The third-order valence-corrected chi connectivity index (χ3v) is 6.74. The first-order valence-corrected chi connectivity index (χ1v) is 11.8. The van der Waals surface area contributed by atoms with Crippen LogP contribution in [0.2, 0.25) is 0 Å². The van der Waals surface area contributed by atoms with Crippen LogP contribution in [0, 0.1) is 0 Å². The molecule has 0 aromatic heterocycles. The van der Waals surface area contributed by atoms with E-state index in [0.29, 0.717) is 13.0 Å². The van der Waals surface area contributed by atoms with E-state index in [9.17, 15) is 4.79 Å². The Morgan fingerprint density at radius 3 is 2.28 bits per heavy atom. The van der Waals surface area contributed by atoms with Gasteiger partial charge in [0.2, 0.25) is 0 Å². The Morgan fingerprint density at radius 1 is 0.969 bits per heavy atom. The molecule has 2 heterocycles. The summed E-state index contributed by atoms with van der Waals surface area (Å²) < 4.78 is 6.08. The molecule has 2 aromatic carbocycles. The lowest BCUT2D eigenvalue weighted by Crippen LogP contribution is -2.53. The summed E-state index contributed by atoms with van der Waals surface area (Å²) in [5, 5.41) is 0. The predicted molar refractivity (Wildman–Crippen MR) is 132 cm³/mol. The van der Waals surface area contributed by atoms with Crippen molar-refractivity contribution in [2.24, 2.45) is 0 Å². The average Bonchev–Trinajstić information content (AvgIpc) is 2.77. The first kappa shape index (κ1) is 22.8. The van der Waals surface area contributed by atoms with Crippen LogP contribution in [-0.2, 0) is 21.4 Å². The Kier molecular flexibility index (Phi) is 6.59. The standard InChI is InChI=1S/C27H37N3O2/c1-20-19-32-25(26(31)30(20)23-12-10-22(11-13-23)27(2,3)4)18-21-8-6-7-9-24(21)29-16-14-28(5)15-17-29/h6-13,20,25H,14-19H2,1-5H3. The van der Waals surface area contributed by atoms with Crippen LogP contribution in [-0.4, -0.2) is 62.8 Å². The molecule has 0 bridgehead atoms. The number of morpholine rings is 1. The predicted octanol–water partition coefficient (Wildman–Crippen LogP) is 4.10. The van der Waals surface area contributed by atoms with Gasteiger partial charge < -0.3 is 19.4 Å². The second-order valence-electron chi connectivity index (χ2n) is 10.3.